The molecule has 0 saturated heterocycles. The summed E-state index contributed by atoms with van der Waals surface area (Å²) in [5, 5.41) is 15.7. The molecule has 0 bridgehead atoms. The van der Waals surface area contributed by atoms with E-state index in [4.69, 9.17) is 5.11 Å². The van der Waals surface area contributed by atoms with Gasteiger partial charge in [0, 0.05) is 11.8 Å². The number of aliphatic hydroxyl groups is 1. The largest absolute Gasteiger partial charge is 0.395 e. The molecule has 0 radical (unpaired) electrons. The van der Waals surface area contributed by atoms with Crippen molar-refractivity contribution < 1.29 is 9.90 Å². The summed E-state index contributed by atoms with van der Waals surface area (Å²) in [7, 11) is 0. The number of carbonyl (C=O) groups excluding carboxylic acids is 1. The van der Waals surface area contributed by atoms with Gasteiger partial charge in [-0.1, -0.05) is 23.2 Å². The minimum absolute atomic E-state index is 0.0484. The summed E-state index contributed by atoms with van der Waals surface area (Å²) in [5.74, 6) is 5.55. The molecule has 0 unspecified atom stereocenters. The molecule has 98 valence electrons. The first-order valence-corrected chi connectivity index (χ1v) is 7.36. The fraction of sp³-hybridized carbons (Fsp3) is 0.231. The van der Waals surface area contributed by atoms with E-state index in [9.17, 15) is 4.79 Å². The van der Waals surface area contributed by atoms with Gasteiger partial charge in [0.25, 0.3) is 5.91 Å². The number of aliphatic hydroxyl groups excluding tert-OH is 1. The fourth-order valence-corrected chi connectivity index (χ4v) is 2.87. The van der Waals surface area contributed by atoms with Crippen LogP contribution in [-0.2, 0) is 0 Å². The third-order valence-electron chi connectivity index (χ3n) is 2.27. The third kappa shape index (κ3) is 3.64. The van der Waals surface area contributed by atoms with Gasteiger partial charge in [-0.15, -0.1) is 0 Å². The van der Waals surface area contributed by atoms with Crippen LogP contribution in [0.25, 0.3) is 0 Å². The maximum atomic E-state index is 12.0. The number of thiazole rings is 1. The molecule has 6 heteroatoms. The van der Waals surface area contributed by atoms with Crippen molar-refractivity contribution in [1.82, 2.24) is 4.98 Å². The van der Waals surface area contributed by atoms with E-state index in [1.54, 1.807) is 6.20 Å². The lowest BCUT2D eigenvalue weighted by molar-refractivity contribution is 0.102. The van der Waals surface area contributed by atoms with Gasteiger partial charge in [0.15, 0.2) is 5.13 Å². The van der Waals surface area contributed by atoms with E-state index in [-0.39, 0.29) is 12.5 Å². The lowest BCUT2D eigenvalue weighted by Crippen LogP contribution is -2.11. The monoisotopic (exact) mass is 292 g/mol. The van der Waals surface area contributed by atoms with Crippen molar-refractivity contribution >= 4 is 33.7 Å². The van der Waals surface area contributed by atoms with Gasteiger partial charge >= 0.3 is 0 Å². The Morgan fingerprint density at radius 1 is 1.53 bits per heavy atom. The minimum atomic E-state index is -0.150. The average Bonchev–Trinajstić information content (AvgIpc) is 2.99. The van der Waals surface area contributed by atoms with E-state index in [1.165, 1.54) is 22.7 Å². The quantitative estimate of drug-likeness (QED) is 0.854. The van der Waals surface area contributed by atoms with Gasteiger partial charge < -0.3 is 5.11 Å². The molecule has 0 saturated carbocycles. The molecule has 0 fully saturated rings. The smallest absolute Gasteiger partial charge is 0.258 e. The van der Waals surface area contributed by atoms with Crippen molar-refractivity contribution in [2.24, 2.45) is 0 Å². The van der Waals surface area contributed by atoms with Crippen LogP contribution >= 0.6 is 22.7 Å². The zero-order valence-corrected chi connectivity index (χ0v) is 11.9. The third-order valence-corrected chi connectivity index (χ3v) is 3.96. The second-order valence-electron chi connectivity index (χ2n) is 3.73. The molecular formula is C13H12N2O2S2. The first-order valence-electron chi connectivity index (χ1n) is 5.60. The highest BCUT2D eigenvalue weighted by atomic mass is 32.1. The van der Waals surface area contributed by atoms with Crippen molar-refractivity contribution in [2.75, 3.05) is 11.9 Å². The van der Waals surface area contributed by atoms with Crippen LogP contribution in [-0.4, -0.2) is 22.6 Å². The molecule has 2 aromatic rings. The molecule has 2 aromatic heterocycles. The maximum Gasteiger partial charge on any atom is 0.258 e. The number of rotatable bonds is 3. The zero-order chi connectivity index (χ0) is 13.7. The van der Waals surface area contributed by atoms with Crippen molar-refractivity contribution in [1.29, 1.82) is 0 Å². The van der Waals surface area contributed by atoms with Crippen LogP contribution in [0.2, 0.25) is 0 Å². The van der Waals surface area contributed by atoms with Crippen molar-refractivity contribution in [3.8, 4) is 11.8 Å². The summed E-state index contributed by atoms with van der Waals surface area (Å²) in [4.78, 5) is 16.8. The number of anilines is 1. The fourth-order valence-electron chi connectivity index (χ4n) is 1.35. The van der Waals surface area contributed by atoms with Crippen molar-refractivity contribution in [3.05, 3.63) is 33.0 Å². The van der Waals surface area contributed by atoms with Gasteiger partial charge in [0.2, 0.25) is 0 Å². The molecule has 2 rings (SSSR count). The van der Waals surface area contributed by atoms with E-state index in [2.05, 4.69) is 22.1 Å². The summed E-state index contributed by atoms with van der Waals surface area (Å²) >= 11 is 2.82. The predicted molar refractivity (Wildman–Crippen MR) is 77.7 cm³/mol. The Balaban J connectivity index is 2.03. The number of aryl methyl sites for hydroxylation is 1. The molecule has 4 nitrogen and oxygen atoms in total. The highest BCUT2D eigenvalue weighted by Gasteiger charge is 2.11. The number of hydrogen-bond donors (Lipinski definition) is 2. The van der Waals surface area contributed by atoms with Crippen LogP contribution in [0.3, 0.4) is 0 Å². The summed E-state index contributed by atoms with van der Waals surface area (Å²) in [6.07, 6.45) is 2.05. The highest BCUT2D eigenvalue weighted by molar-refractivity contribution is 7.16. The number of nitrogens with zero attached hydrogens (tertiary/aromatic N) is 1. The van der Waals surface area contributed by atoms with E-state index in [1.807, 2.05) is 17.7 Å². The Morgan fingerprint density at radius 2 is 2.37 bits per heavy atom. The number of amides is 1. The lowest BCUT2D eigenvalue weighted by Gasteiger charge is -1.99. The van der Waals surface area contributed by atoms with Crippen LogP contribution in [0.5, 0.6) is 0 Å². The summed E-state index contributed by atoms with van der Waals surface area (Å²) in [5.41, 5.74) is 1.63. The Hall–Kier alpha value is -1.68. The Labute approximate surface area is 119 Å². The Bertz CT molecular complexity index is 634. The maximum absolute atomic E-state index is 12.0. The van der Waals surface area contributed by atoms with Gasteiger partial charge in [-0.2, -0.15) is 11.3 Å². The van der Waals surface area contributed by atoms with Crippen LogP contribution < -0.4 is 5.32 Å². The number of thiophene rings is 1. The number of nitrogens with one attached hydrogen (secondary N) is 1. The number of carbonyl (C=O) groups is 1. The molecule has 2 N–H and O–H groups in total. The van der Waals surface area contributed by atoms with Gasteiger partial charge in [-0.25, -0.2) is 4.98 Å². The first kappa shape index (κ1) is 13.7. The minimum Gasteiger partial charge on any atom is -0.395 e. The van der Waals surface area contributed by atoms with Crippen molar-refractivity contribution in [3.63, 3.8) is 0 Å². The summed E-state index contributed by atoms with van der Waals surface area (Å²) < 4.78 is 0. The zero-order valence-electron chi connectivity index (χ0n) is 10.3. The van der Waals surface area contributed by atoms with E-state index in [0.717, 1.165) is 10.4 Å². The molecule has 0 aliphatic carbocycles. The second kappa shape index (κ2) is 6.48. The SMILES string of the molecule is Cc1cscc1C(=O)Nc1ncc(C#CCCO)s1. The van der Waals surface area contributed by atoms with Gasteiger partial charge in [-0.3, -0.25) is 10.1 Å². The van der Waals surface area contributed by atoms with E-state index in [0.29, 0.717) is 17.1 Å². The van der Waals surface area contributed by atoms with E-state index < -0.39 is 0 Å². The second-order valence-corrected chi connectivity index (χ2v) is 5.50. The Morgan fingerprint density at radius 3 is 3.05 bits per heavy atom. The molecule has 0 aliphatic heterocycles. The molecule has 2 heterocycles. The lowest BCUT2D eigenvalue weighted by atomic mass is 10.2. The summed E-state index contributed by atoms with van der Waals surface area (Å²) in [6, 6.07) is 0. The molecule has 19 heavy (non-hydrogen) atoms. The van der Waals surface area contributed by atoms with Crippen molar-refractivity contribution in [2.45, 2.75) is 13.3 Å². The molecule has 0 spiro atoms. The average molecular weight is 292 g/mol. The van der Waals surface area contributed by atoms with Gasteiger partial charge in [0.05, 0.1) is 23.2 Å². The topological polar surface area (TPSA) is 62.2 Å². The van der Waals surface area contributed by atoms with Crippen LogP contribution in [0.15, 0.2) is 17.0 Å². The molecule has 0 atom stereocenters. The normalized spacial score (nSPS) is 9.79. The summed E-state index contributed by atoms with van der Waals surface area (Å²) in [6.45, 7) is 1.95. The predicted octanol–water partition coefficient (Wildman–Crippen LogP) is 2.50. The van der Waals surface area contributed by atoms with Gasteiger partial charge in [-0.05, 0) is 17.9 Å². The number of aromatic nitrogens is 1. The Kier molecular flexibility index (Phi) is 4.68. The molecule has 0 aliphatic rings. The van der Waals surface area contributed by atoms with Crippen LogP contribution in [0.4, 0.5) is 5.13 Å². The van der Waals surface area contributed by atoms with Crippen LogP contribution in [0, 0.1) is 18.8 Å². The van der Waals surface area contributed by atoms with E-state index >= 15 is 0 Å². The number of hydrogen-bond acceptors (Lipinski definition) is 5. The van der Waals surface area contributed by atoms with Gasteiger partial charge in [0.1, 0.15) is 0 Å². The standard InChI is InChI=1S/C13H12N2O2S2/c1-9-7-18-8-11(9)12(17)15-13-14-6-10(19-13)4-2-3-5-16/h6-8,16H,3,5H2,1H3,(H,14,15,17). The molecule has 1 amide bonds. The van der Waals surface area contributed by atoms with Crippen LogP contribution in [0.1, 0.15) is 27.2 Å². The molecular weight excluding hydrogens is 280 g/mol. The first-order chi connectivity index (χ1) is 9.20. The highest BCUT2D eigenvalue weighted by Crippen LogP contribution is 2.20. The molecule has 0 aromatic carbocycles.